The summed E-state index contributed by atoms with van der Waals surface area (Å²) in [4.78, 5) is 0.442. The number of nitrogens with one attached hydrogen (secondary N) is 2. The number of aromatic nitrogens is 2. The molecule has 1 aromatic carbocycles. The second-order valence-corrected chi connectivity index (χ2v) is 6.41. The predicted octanol–water partition coefficient (Wildman–Crippen LogP) is 1.74. The Labute approximate surface area is 105 Å². The lowest BCUT2D eigenvalue weighted by atomic mass is 10.0. The minimum atomic E-state index is -3.12. The first-order valence-corrected chi connectivity index (χ1v) is 7.39. The third-order valence-corrected chi connectivity index (χ3v) is 4.96. The quantitative estimate of drug-likeness (QED) is 0.865. The molecule has 0 amide bonds. The maximum atomic E-state index is 12.0. The Hall–Kier alpha value is -1.82. The standard InChI is InChI=1S/C12H13N3O2S/c16-18(17)6-5-11(15-9-7-13-14-8-9)10-3-1-2-4-12(10)18/h1-4,7-8,11,15H,5-6H2,(H,13,14). The molecule has 18 heavy (non-hydrogen) atoms. The Morgan fingerprint density at radius 1 is 1.33 bits per heavy atom. The highest BCUT2D eigenvalue weighted by atomic mass is 32.2. The number of nitrogens with zero attached hydrogens (tertiary/aromatic N) is 1. The van der Waals surface area contributed by atoms with E-state index < -0.39 is 9.84 Å². The number of H-pyrrole nitrogens is 1. The third-order valence-electron chi connectivity index (χ3n) is 3.14. The Morgan fingerprint density at radius 3 is 2.94 bits per heavy atom. The third kappa shape index (κ3) is 1.88. The van der Waals surface area contributed by atoms with Gasteiger partial charge in [0.15, 0.2) is 9.84 Å². The van der Waals surface area contributed by atoms with Crippen molar-refractivity contribution < 1.29 is 8.42 Å². The summed E-state index contributed by atoms with van der Waals surface area (Å²) >= 11 is 0. The first-order valence-electron chi connectivity index (χ1n) is 5.74. The molecular formula is C12H13N3O2S. The first kappa shape index (κ1) is 11.3. The van der Waals surface area contributed by atoms with Gasteiger partial charge in [-0.05, 0) is 18.1 Å². The van der Waals surface area contributed by atoms with Crippen molar-refractivity contribution in [3.63, 3.8) is 0 Å². The zero-order valence-corrected chi connectivity index (χ0v) is 10.4. The topological polar surface area (TPSA) is 74.8 Å². The molecule has 5 nitrogen and oxygen atoms in total. The zero-order valence-electron chi connectivity index (χ0n) is 9.63. The number of aromatic amines is 1. The lowest BCUT2D eigenvalue weighted by Gasteiger charge is -2.26. The minimum Gasteiger partial charge on any atom is -0.376 e. The van der Waals surface area contributed by atoms with Gasteiger partial charge in [0, 0.05) is 6.20 Å². The largest absolute Gasteiger partial charge is 0.376 e. The van der Waals surface area contributed by atoms with E-state index in [9.17, 15) is 8.42 Å². The van der Waals surface area contributed by atoms with E-state index in [1.165, 1.54) is 0 Å². The van der Waals surface area contributed by atoms with E-state index in [1.807, 2.05) is 12.1 Å². The maximum absolute atomic E-state index is 12.0. The van der Waals surface area contributed by atoms with Crippen LogP contribution in [0.15, 0.2) is 41.6 Å². The Bertz CT molecular complexity index is 650. The van der Waals surface area contributed by atoms with Crippen LogP contribution in [-0.2, 0) is 9.84 Å². The van der Waals surface area contributed by atoms with Crippen molar-refractivity contribution in [2.75, 3.05) is 11.1 Å². The molecule has 2 aromatic rings. The molecule has 94 valence electrons. The van der Waals surface area contributed by atoms with E-state index in [-0.39, 0.29) is 11.8 Å². The fraction of sp³-hybridized carbons (Fsp3) is 0.250. The van der Waals surface area contributed by atoms with Gasteiger partial charge in [0.1, 0.15) is 0 Å². The van der Waals surface area contributed by atoms with E-state index in [0.717, 1.165) is 11.3 Å². The van der Waals surface area contributed by atoms with Crippen molar-refractivity contribution in [1.29, 1.82) is 0 Å². The number of anilines is 1. The van der Waals surface area contributed by atoms with Gasteiger partial charge < -0.3 is 5.32 Å². The van der Waals surface area contributed by atoms with Crippen LogP contribution in [0.2, 0.25) is 0 Å². The molecule has 0 spiro atoms. The summed E-state index contributed by atoms with van der Waals surface area (Å²) in [5.74, 6) is 0.180. The van der Waals surface area contributed by atoms with Crippen LogP contribution >= 0.6 is 0 Å². The van der Waals surface area contributed by atoms with Gasteiger partial charge in [0.2, 0.25) is 0 Å². The van der Waals surface area contributed by atoms with Crippen LogP contribution in [-0.4, -0.2) is 24.4 Å². The van der Waals surface area contributed by atoms with Gasteiger partial charge in [-0.25, -0.2) is 8.42 Å². The first-order chi connectivity index (χ1) is 8.67. The molecule has 0 aliphatic carbocycles. The van der Waals surface area contributed by atoms with E-state index >= 15 is 0 Å². The lowest BCUT2D eigenvalue weighted by Crippen LogP contribution is -2.24. The number of hydrogen-bond acceptors (Lipinski definition) is 4. The van der Waals surface area contributed by atoms with Crippen molar-refractivity contribution in [2.24, 2.45) is 0 Å². The Balaban J connectivity index is 2.00. The van der Waals surface area contributed by atoms with Gasteiger partial charge in [-0.15, -0.1) is 0 Å². The van der Waals surface area contributed by atoms with Crippen molar-refractivity contribution in [1.82, 2.24) is 10.2 Å². The highest BCUT2D eigenvalue weighted by Gasteiger charge is 2.29. The van der Waals surface area contributed by atoms with Gasteiger partial charge in [0.25, 0.3) is 0 Å². The van der Waals surface area contributed by atoms with Crippen LogP contribution in [0.3, 0.4) is 0 Å². The fourth-order valence-electron chi connectivity index (χ4n) is 2.27. The van der Waals surface area contributed by atoms with Crippen LogP contribution in [0.1, 0.15) is 18.0 Å². The Morgan fingerprint density at radius 2 is 2.17 bits per heavy atom. The summed E-state index contributed by atoms with van der Waals surface area (Å²) in [6, 6.07) is 7.18. The molecule has 0 radical (unpaired) electrons. The summed E-state index contributed by atoms with van der Waals surface area (Å²) in [6.45, 7) is 0. The molecule has 6 heteroatoms. The molecule has 0 saturated heterocycles. The average molecular weight is 263 g/mol. The van der Waals surface area contributed by atoms with Crippen molar-refractivity contribution >= 4 is 15.5 Å². The number of rotatable bonds is 2. The fourth-order valence-corrected chi connectivity index (χ4v) is 3.89. The Kier molecular flexibility index (Phi) is 2.59. The van der Waals surface area contributed by atoms with Gasteiger partial charge >= 0.3 is 0 Å². The van der Waals surface area contributed by atoms with Crippen molar-refractivity contribution in [2.45, 2.75) is 17.4 Å². The molecule has 3 rings (SSSR count). The monoisotopic (exact) mass is 263 g/mol. The molecule has 1 unspecified atom stereocenters. The summed E-state index contributed by atoms with van der Waals surface area (Å²) in [5, 5.41) is 9.89. The van der Waals surface area contributed by atoms with E-state index in [2.05, 4.69) is 15.5 Å². The molecule has 2 N–H and O–H groups in total. The molecule has 2 heterocycles. The van der Waals surface area contributed by atoms with Crippen LogP contribution in [0, 0.1) is 0 Å². The number of hydrogen-bond donors (Lipinski definition) is 2. The zero-order chi connectivity index (χ0) is 12.6. The summed E-state index contributed by atoms with van der Waals surface area (Å²) < 4.78 is 23.9. The lowest BCUT2D eigenvalue weighted by molar-refractivity contribution is 0.576. The van der Waals surface area contributed by atoms with Gasteiger partial charge in [-0.1, -0.05) is 18.2 Å². The summed E-state index contributed by atoms with van der Waals surface area (Å²) in [6.07, 6.45) is 4.02. The molecule has 1 atom stereocenters. The van der Waals surface area contributed by atoms with E-state index in [4.69, 9.17) is 0 Å². The molecule has 1 aromatic heterocycles. The van der Waals surface area contributed by atoms with Crippen molar-refractivity contribution in [3.05, 3.63) is 42.2 Å². The van der Waals surface area contributed by atoms with E-state index in [0.29, 0.717) is 11.3 Å². The summed E-state index contributed by atoms with van der Waals surface area (Å²) in [5.41, 5.74) is 1.71. The molecule has 0 fully saturated rings. The SMILES string of the molecule is O=S1(=O)CCC(Nc2cn[nH]c2)c2ccccc21. The average Bonchev–Trinajstić information content (AvgIpc) is 2.86. The highest BCUT2D eigenvalue weighted by molar-refractivity contribution is 7.91. The second-order valence-electron chi connectivity index (χ2n) is 4.33. The normalized spacial score (nSPS) is 21.2. The number of benzene rings is 1. The molecular weight excluding hydrogens is 250 g/mol. The second kappa shape index (κ2) is 4.13. The molecule has 0 bridgehead atoms. The van der Waals surface area contributed by atoms with Crippen LogP contribution < -0.4 is 5.32 Å². The van der Waals surface area contributed by atoms with Gasteiger partial charge in [-0.2, -0.15) is 5.10 Å². The van der Waals surface area contributed by atoms with E-state index in [1.54, 1.807) is 24.5 Å². The van der Waals surface area contributed by atoms with Gasteiger partial charge in [-0.3, -0.25) is 5.10 Å². The number of fused-ring (bicyclic) bond motifs is 1. The molecule has 0 saturated carbocycles. The van der Waals surface area contributed by atoms with Gasteiger partial charge in [0.05, 0.1) is 28.6 Å². The maximum Gasteiger partial charge on any atom is 0.178 e. The minimum absolute atomic E-state index is 0.0160. The van der Waals surface area contributed by atoms with Crippen LogP contribution in [0.5, 0.6) is 0 Å². The predicted molar refractivity (Wildman–Crippen MR) is 68.1 cm³/mol. The smallest absolute Gasteiger partial charge is 0.178 e. The number of sulfone groups is 1. The van der Waals surface area contributed by atoms with Crippen molar-refractivity contribution in [3.8, 4) is 0 Å². The molecule has 1 aliphatic heterocycles. The van der Waals surface area contributed by atoms with Crippen LogP contribution in [0.25, 0.3) is 0 Å². The summed E-state index contributed by atoms with van der Waals surface area (Å²) in [7, 11) is -3.12. The molecule has 1 aliphatic rings. The van der Waals surface area contributed by atoms with Crippen LogP contribution in [0.4, 0.5) is 5.69 Å². The highest BCUT2D eigenvalue weighted by Crippen LogP contribution is 2.33.